The molecule has 0 atom stereocenters. The lowest BCUT2D eigenvalue weighted by Gasteiger charge is -2.30. The molecule has 0 radical (unpaired) electrons. The first-order valence-electron chi connectivity index (χ1n) is 8.39. The van der Waals surface area contributed by atoms with E-state index < -0.39 is 10.0 Å². The Morgan fingerprint density at radius 3 is 2.54 bits per heavy atom. The molecule has 24 heavy (non-hydrogen) atoms. The van der Waals surface area contributed by atoms with Gasteiger partial charge in [-0.25, -0.2) is 12.7 Å². The molecule has 0 unspecified atom stereocenters. The zero-order chi connectivity index (χ0) is 17.7. The fraction of sp³-hybridized carbons (Fsp3) is 0.588. The molecule has 1 amide bonds. The van der Waals surface area contributed by atoms with Crippen molar-refractivity contribution in [1.82, 2.24) is 4.31 Å². The van der Waals surface area contributed by atoms with Crippen LogP contribution in [0.3, 0.4) is 0 Å². The topological polar surface area (TPSA) is 75.7 Å². The van der Waals surface area contributed by atoms with E-state index in [1.165, 1.54) is 4.31 Å². The van der Waals surface area contributed by atoms with Crippen molar-refractivity contribution in [2.24, 2.45) is 5.92 Å². The van der Waals surface area contributed by atoms with Crippen molar-refractivity contribution in [3.05, 3.63) is 23.8 Å². The monoisotopic (exact) mass is 354 g/mol. The van der Waals surface area contributed by atoms with Gasteiger partial charge in [0.2, 0.25) is 15.9 Å². The Hall–Kier alpha value is -1.60. The number of nitrogens with zero attached hydrogens (tertiary/aromatic N) is 1. The van der Waals surface area contributed by atoms with Crippen LogP contribution in [0.15, 0.2) is 18.2 Å². The molecule has 1 aromatic rings. The molecule has 1 aliphatic heterocycles. The Bertz CT molecular complexity index is 680. The minimum atomic E-state index is -3.17. The van der Waals surface area contributed by atoms with Gasteiger partial charge in [-0.15, -0.1) is 0 Å². The highest BCUT2D eigenvalue weighted by molar-refractivity contribution is 7.89. The maximum Gasteiger partial charge on any atom is 0.227 e. The van der Waals surface area contributed by atoms with Crippen LogP contribution in [0.2, 0.25) is 0 Å². The van der Waals surface area contributed by atoms with Crippen molar-refractivity contribution < 1.29 is 17.9 Å². The molecule has 1 saturated heterocycles. The van der Waals surface area contributed by atoms with E-state index in [2.05, 4.69) is 5.32 Å². The summed E-state index contributed by atoms with van der Waals surface area (Å²) in [6.45, 7) is 6.84. The fourth-order valence-corrected chi connectivity index (χ4v) is 3.95. The highest BCUT2D eigenvalue weighted by atomic mass is 32.2. The summed E-state index contributed by atoms with van der Waals surface area (Å²) in [7, 11) is -3.17. The number of hydrogen-bond donors (Lipinski definition) is 1. The maximum absolute atomic E-state index is 12.5. The molecule has 1 aliphatic rings. The first-order valence-corrected chi connectivity index (χ1v) is 10.0. The Labute approximate surface area is 144 Å². The van der Waals surface area contributed by atoms with Crippen LogP contribution < -0.4 is 10.1 Å². The van der Waals surface area contributed by atoms with E-state index >= 15 is 0 Å². The van der Waals surface area contributed by atoms with Crippen LogP contribution >= 0.6 is 0 Å². The van der Waals surface area contributed by atoms with Gasteiger partial charge < -0.3 is 10.1 Å². The third-order valence-corrected chi connectivity index (χ3v) is 6.16. The average Bonchev–Trinajstić information content (AvgIpc) is 2.57. The third-order valence-electron chi connectivity index (χ3n) is 4.28. The Morgan fingerprint density at radius 2 is 1.96 bits per heavy atom. The Kier molecular flexibility index (Phi) is 6.23. The Balaban J connectivity index is 2.00. The lowest BCUT2D eigenvalue weighted by atomic mass is 9.97. The summed E-state index contributed by atoms with van der Waals surface area (Å²) in [5.41, 5.74) is 1.73. The van der Waals surface area contributed by atoms with Gasteiger partial charge in [-0.2, -0.15) is 0 Å². The summed E-state index contributed by atoms with van der Waals surface area (Å²) in [4.78, 5) is 12.5. The summed E-state index contributed by atoms with van der Waals surface area (Å²) in [6, 6.07) is 5.67. The molecule has 0 bridgehead atoms. The molecule has 0 saturated carbocycles. The van der Waals surface area contributed by atoms with Gasteiger partial charge in [0.1, 0.15) is 5.75 Å². The van der Waals surface area contributed by atoms with Crippen molar-refractivity contribution in [3.63, 3.8) is 0 Å². The second-order valence-electron chi connectivity index (χ2n) is 6.00. The molecule has 0 aliphatic carbocycles. The van der Waals surface area contributed by atoms with Gasteiger partial charge in [0.25, 0.3) is 0 Å². The number of rotatable bonds is 6. The number of carbonyl (C=O) groups excluding carboxylic acids is 1. The second-order valence-corrected chi connectivity index (χ2v) is 8.25. The molecule has 1 heterocycles. The van der Waals surface area contributed by atoms with Crippen molar-refractivity contribution in [2.75, 3.05) is 30.8 Å². The number of sulfonamides is 1. The first kappa shape index (κ1) is 18.7. The summed E-state index contributed by atoms with van der Waals surface area (Å²) in [5.74, 6) is 0.514. The zero-order valence-corrected chi connectivity index (χ0v) is 15.4. The predicted molar refractivity (Wildman–Crippen MR) is 94.7 cm³/mol. The van der Waals surface area contributed by atoms with Gasteiger partial charge in [-0.1, -0.05) is 6.07 Å². The summed E-state index contributed by atoms with van der Waals surface area (Å²) < 4.78 is 30.8. The van der Waals surface area contributed by atoms with Crippen molar-refractivity contribution >= 4 is 21.6 Å². The van der Waals surface area contributed by atoms with E-state index in [9.17, 15) is 13.2 Å². The molecule has 134 valence electrons. The number of ether oxygens (including phenoxy) is 1. The van der Waals surface area contributed by atoms with Crippen LogP contribution in [0, 0.1) is 12.8 Å². The van der Waals surface area contributed by atoms with Crippen LogP contribution in [-0.4, -0.2) is 44.1 Å². The number of anilines is 1. The van der Waals surface area contributed by atoms with Crippen LogP contribution in [0.4, 0.5) is 5.69 Å². The zero-order valence-electron chi connectivity index (χ0n) is 14.5. The lowest BCUT2D eigenvalue weighted by molar-refractivity contribution is -0.120. The fourth-order valence-electron chi connectivity index (χ4n) is 2.82. The number of piperidine rings is 1. The number of aryl methyl sites for hydroxylation is 1. The summed E-state index contributed by atoms with van der Waals surface area (Å²) in [5, 5.41) is 2.93. The highest BCUT2D eigenvalue weighted by Crippen LogP contribution is 2.28. The van der Waals surface area contributed by atoms with E-state index in [4.69, 9.17) is 4.74 Å². The molecule has 1 aromatic carbocycles. The largest absolute Gasteiger partial charge is 0.492 e. The summed E-state index contributed by atoms with van der Waals surface area (Å²) >= 11 is 0. The number of carbonyl (C=O) groups is 1. The molecular formula is C17H26N2O4S. The van der Waals surface area contributed by atoms with Gasteiger partial charge >= 0.3 is 0 Å². The van der Waals surface area contributed by atoms with Crippen molar-refractivity contribution in [2.45, 2.75) is 33.6 Å². The number of benzene rings is 1. The molecule has 1 fully saturated rings. The van der Waals surface area contributed by atoms with Gasteiger partial charge in [-0.3, -0.25) is 4.79 Å². The van der Waals surface area contributed by atoms with Gasteiger partial charge in [0, 0.05) is 19.0 Å². The van der Waals surface area contributed by atoms with Crippen LogP contribution in [0.1, 0.15) is 32.3 Å². The normalized spacial score (nSPS) is 16.8. The SMILES string of the molecule is CCOc1cc(C)ccc1NC(=O)C1CCN(S(=O)(=O)CC)CC1. The van der Waals surface area contributed by atoms with Crippen LogP contribution in [-0.2, 0) is 14.8 Å². The lowest BCUT2D eigenvalue weighted by Crippen LogP contribution is -2.42. The van der Waals surface area contributed by atoms with Crippen molar-refractivity contribution in [3.8, 4) is 5.75 Å². The van der Waals surface area contributed by atoms with E-state index in [-0.39, 0.29) is 17.6 Å². The minimum absolute atomic E-state index is 0.0756. The average molecular weight is 354 g/mol. The molecule has 0 spiro atoms. The minimum Gasteiger partial charge on any atom is -0.492 e. The van der Waals surface area contributed by atoms with Gasteiger partial charge in [-0.05, 0) is 51.3 Å². The van der Waals surface area contributed by atoms with Crippen molar-refractivity contribution in [1.29, 1.82) is 0 Å². The second kappa shape index (κ2) is 7.98. The first-order chi connectivity index (χ1) is 11.4. The molecule has 0 aromatic heterocycles. The molecular weight excluding hydrogens is 328 g/mol. The van der Waals surface area contributed by atoms with E-state index in [1.54, 1.807) is 6.92 Å². The van der Waals surface area contributed by atoms with Crippen LogP contribution in [0.5, 0.6) is 5.75 Å². The number of amides is 1. The summed E-state index contributed by atoms with van der Waals surface area (Å²) in [6.07, 6.45) is 1.09. The number of nitrogens with one attached hydrogen (secondary N) is 1. The van der Waals surface area contributed by atoms with Gasteiger partial charge in [0.15, 0.2) is 0 Å². The van der Waals surface area contributed by atoms with Crippen LogP contribution in [0.25, 0.3) is 0 Å². The van der Waals surface area contributed by atoms with E-state index in [0.717, 1.165) is 5.56 Å². The molecule has 7 heteroatoms. The molecule has 2 rings (SSSR count). The highest BCUT2D eigenvalue weighted by Gasteiger charge is 2.30. The molecule has 1 N–H and O–H groups in total. The molecule has 6 nitrogen and oxygen atoms in total. The third kappa shape index (κ3) is 4.48. The quantitative estimate of drug-likeness (QED) is 0.851. The van der Waals surface area contributed by atoms with E-state index in [0.29, 0.717) is 44.0 Å². The Morgan fingerprint density at radius 1 is 1.29 bits per heavy atom. The van der Waals surface area contributed by atoms with E-state index in [1.807, 2.05) is 32.0 Å². The predicted octanol–water partition coefficient (Wildman–Crippen LogP) is 2.39. The number of hydrogen-bond acceptors (Lipinski definition) is 4. The van der Waals surface area contributed by atoms with Gasteiger partial charge in [0.05, 0.1) is 18.0 Å². The smallest absolute Gasteiger partial charge is 0.227 e. The maximum atomic E-state index is 12.5. The standard InChI is InChI=1S/C17H26N2O4S/c1-4-23-16-12-13(3)6-7-15(16)18-17(20)14-8-10-19(11-9-14)24(21,22)5-2/h6-7,12,14H,4-5,8-11H2,1-3H3,(H,18,20).